The van der Waals surface area contributed by atoms with Gasteiger partial charge in [0.25, 0.3) is 5.91 Å². The van der Waals surface area contributed by atoms with Crippen molar-refractivity contribution in [2.45, 2.75) is 51.6 Å². The number of nitrogens with one attached hydrogen (secondary N) is 1. The maximum atomic E-state index is 12.3. The van der Waals surface area contributed by atoms with E-state index in [-0.39, 0.29) is 17.9 Å². The average Bonchev–Trinajstić information content (AvgIpc) is 3.13. The van der Waals surface area contributed by atoms with Gasteiger partial charge in [-0.25, -0.2) is 0 Å². The quantitative estimate of drug-likeness (QED) is 0.904. The van der Waals surface area contributed by atoms with Crippen molar-refractivity contribution in [1.29, 1.82) is 0 Å². The summed E-state index contributed by atoms with van der Waals surface area (Å²) in [4.78, 5) is 18.9. The molecule has 1 N–H and O–H groups in total. The molecular formula is C19H26N4O2. The van der Waals surface area contributed by atoms with Gasteiger partial charge in [0, 0.05) is 49.6 Å². The van der Waals surface area contributed by atoms with E-state index in [4.69, 9.17) is 4.52 Å². The second-order valence-corrected chi connectivity index (χ2v) is 7.01. The highest BCUT2D eigenvalue weighted by molar-refractivity contribution is 5.92. The average molecular weight is 342 g/mol. The molecule has 2 aromatic heterocycles. The summed E-state index contributed by atoms with van der Waals surface area (Å²) in [6, 6.07) is 6.42. The minimum absolute atomic E-state index is 0.142. The first-order valence-corrected chi connectivity index (χ1v) is 8.96. The summed E-state index contributed by atoms with van der Waals surface area (Å²) >= 11 is 0. The molecule has 0 bridgehead atoms. The molecule has 2 aromatic rings. The van der Waals surface area contributed by atoms with Crippen molar-refractivity contribution in [1.82, 2.24) is 20.4 Å². The molecule has 1 atom stereocenters. The number of piperidine rings is 1. The molecular weight excluding hydrogens is 316 g/mol. The lowest BCUT2D eigenvalue weighted by atomic mass is 10.0. The Balaban J connectivity index is 1.51. The molecule has 0 aromatic carbocycles. The van der Waals surface area contributed by atoms with Crippen LogP contribution in [-0.4, -0.2) is 40.1 Å². The molecule has 1 saturated heterocycles. The first-order valence-electron chi connectivity index (χ1n) is 8.96. The monoisotopic (exact) mass is 342 g/mol. The number of hydrogen-bond donors (Lipinski definition) is 1. The van der Waals surface area contributed by atoms with E-state index in [2.05, 4.69) is 39.4 Å². The summed E-state index contributed by atoms with van der Waals surface area (Å²) in [5.74, 6) is 0.828. The number of pyridine rings is 1. The summed E-state index contributed by atoms with van der Waals surface area (Å²) in [6.07, 6.45) is 5.55. The minimum Gasteiger partial charge on any atom is -0.360 e. The van der Waals surface area contributed by atoms with Gasteiger partial charge in [-0.15, -0.1) is 0 Å². The van der Waals surface area contributed by atoms with Gasteiger partial charge in [0.2, 0.25) is 0 Å². The normalized spacial score (nSPS) is 17.6. The third kappa shape index (κ3) is 4.25. The van der Waals surface area contributed by atoms with E-state index < -0.39 is 0 Å². The van der Waals surface area contributed by atoms with Gasteiger partial charge in [-0.3, -0.25) is 14.7 Å². The molecule has 6 nitrogen and oxygen atoms in total. The molecule has 134 valence electrons. The maximum Gasteiger partial charge on any atom is 0.273 e. The maximum absolute atomic E-state index is 12.3. The van der Waals surface area contributed by atoms with Gasteiger partial charge in [0.05, 0.1) is 0 Å². The van der Waals surface area contributed by atoms with Crippen LogP contribution in [0.2, 0.25) is 0 Å². The lowest BCUT2D eigenvalue weighted by Crippen LogP contribution is -2.45. The lowest BCUT2D eigenvalue weighted by molar-refractivity contribution is 0.0887. The highest BCUT2D eigenvalue weighted by Gasteiger charge is 2.25. The van der Waals surface area contributed by atoms with Crippen LogP contribution in [0.3, 0.4) is 0 Å². The topological polar surface area (TPSA) is 71.3 Å². The van der Waals surface area contributed by atoms with Gasteiger partial charge in [0.15, 0.2) is 5.69 Å². The second-order valence-electron chi connectivity index (χ2n) is 7.01. The molecule has 1 fully saturated rings. The molecule has 3 rings (SSSR count). The van der Waals surface area contributed by atoms with Gasteiger partial charge in [-0.1, -0.05) is 19.0 Å². The molecule has 0 saturated carbocycles. The predicted octanol–water partition coefficient (Wildman–Crippen LogP) is 3.15. The van der Waals surface area contributed by atoms with Crippen molar-refractivity contribution < 1.29 is 9.32 Å². The van der Waals surface area contributed by atoms with Crippen LogP contribution in [0.15, 0.2) is 35.1 Å². The van der Waals surface area contributed by atoms with E-state index in [9.17, 15) is 4.79 Å². The van der Waals surface area contributed by atoms with E-state index in [0.717, 1.165) is 31.7 Å². The highest BCUT2D eigenvalue weighted by Crippen LogP contribution is 2.24. The Morgan fingerprint density at radius 1 is 1.24 bits per heavy atom. The predicted molar refractivity (Wildman–Crippen MR) is 95.3 cm³/mol. The van der Waals surface area contributed by atoms with Crippen LogP contribution in [0.25, 0.3) is 0 Å². The Morgan fingerprint density at radius 2 is 1.92 bits per heavy atom. The van der Waals surface area contributed by atoms with E-state index in [1.807, 2.05) is 26.2 Å². The largest absolute Gasteiger partial charge is 0.360 e. The van der Waals surface area contributed by atoms with Crippen LogP contribution in [0.1, 0.15) is 67.4 Å². The molecule has 1 aliphatic rings. The molecule has 1 unspecified atom stereocenters. The Kier molecular flexibility index (Phi) is 5.48. The van der Waals surface area contributed by atoms with Crippen molar-refractivity contribution in [2.75, 3.05) is 13.1 Å². The summed E-state index contributed by atoms with van der Waals surface area (Å²) < 4.78 is 5.21. The van der Waals surface area contributed by atoms with Crippen molar-refractivity contribution >= 4 is 5.91 Å². The minimum atomic E-state index is -0.142. The van der Waals surface area contributed by atoms with Gasteiger partial charge in [-0.2, -0.15) is 0 Å². The molecule has 0 spiro atoms. The zero-order chi connectivity index (χ0) is 17.8. The number of carbonyl (C=O) groups is 1. The summed E-state index contributed by atoms with van der Waals surface area (Å²) in [5.41, 5.74) is 1.65. The smallest absolute Gasteiger partial charge is 0.273 e. The first kappa shape index (κ1) is 17.6. The molecule has 6 heteroatoms. The van der Waals surface area contributed by atoms with E-state index in [1.165, 1.54) is 5.56 Å². The van der Waals surface area contributed by atoms with Crippen LogP contribution in [-0.2, 0) is 0 Å². The molecule has 0 aliphatic carbocycles. The van der Waals surface area contributed by atoms with Gasteiger partial charge < -0.3 is 9.84 Å². The van der Waals surface area contributed by atoms with Crippen molar-refractivity contribution in [3.63, 3.8) is 0 Å². The third-order valence-corrected chi connectivity index (χ3v) is 4.93. The fraction of sp³-hybridized carbons (Fsp3) is 0.526. The molecule has 1 amide bonds. The van der Waals surface area contributed by atoms with Gasteiger partial charge in [0.1, 0.15) is 5.76 Å². The Morgan fingerprint density at radius 3 is 2.52 bits per heavy atom. The molecule has 0 radical (unpaired) electrons. The van der Waals surface area contributed by atoms with Crippen molar-refractivity contribution in [3.05, 3.63) is 47.6 Å². The van der Waals surface area contributed by atoms with Crippen LogP contribution in [0.5, 0.6) is 0 Å². The fourth-order valence-electron chi connectivity index (χ4n) is 3.21. The Bertz CT molecular complexity index is 690. The first-order chi connectivity index (χ1) is 12.0. The zero-order valence-corrected chi connectivity index (χ0v) is 15.1. The van der Waals surface area contributed by atoms with Crippen LogP contribution in [0, 0.1) is 0 Å². The number of carbonyl (C=O) groups excluding carboxylic acids is 1. The van der Waals surface area contributed by atoms with Crippen LogP contribution >= 0.6 is 0 Å². The number of hydrogen-bond acceptors (Lipinski definition) is 5. The second kappa shape index (κ2) is 7.78. The summed E-state index contributed by atoms with van der Waals surface area (Å²) in [6.45, 7) is 8.18. The Hall–Kier alpha value is -2.21. The third-order valence-electron chi connectivity index (χ3n) is 4.93. The standard InChI is InChI=1S/C19H26N4O2/c1-13(2)18-12-17(22-25-18)19(24)21-16-6-10-23(11-7-16)14(3)15-4-8-20-9-5-15/h4-5,8-9,12-14,16H,6-7,10-11H2,1-3H3,(H,21,24). The summed E-state index contributed by atoms with van der Waals surface area (Å²) in [5, 5.41) is 6.97. The van der Waals surface area contributed by atoms with Gasteiger partial charge >= 0.3 is 0 Å². The number of amides is 1. The number of aromatic nitrogens is 2. The van der Waals surface area contributed by atoms with E-state index in [1.54, 1.807) is 6.07 Å². The number of likely N-dealkylation sites (tertiary alicyclic amines) is 1. The molecule has 25 heavy (non-hydrogen) atoms. The van der Waals surface area contributed by atoms with Crippen molar-refractivity contribution in [2.24, 2.45) is 0 Å². The van der Waals surface area contributed by atoms with Crippen LogP contribution < -0.4 is 5.32 Å². The SMILES string of the molecule is CC(C)c1cc(C(=O)NC2CCN(C(C)c3ccncc3)CC2)no1. The Labute approximate surface area is 148 Å². The lowest BCUT2D eigenvalue weighted by Gasteiger charge is -2.36. The molecule has 3 heterocycles. The fourth-order valence-corrected chi connectivity index (χ4v) is 3.21. The van der Waals surface area contributed by atoms with Crippen molar-refractivity contribution in [3.8, 4) is 0 Å². The van der Waals surface area contributed by atoms with Crippen LogP contribution in [0.4, 0.5) is 0 Å². The van der Waals surface area contributed by atoms with Gasteiger partial charge in [-0.05, 0) is 37.5 Å². The molecule has 1 aliphatic heterocycles. The zero-order valence-electron chi connectivity index (χ0n) is 15.1. The summed E-state index contributed by atoms with van der Waals surface area (Å²) in [7, 11) is 0. The highest BCUT2D eigenvalue weighted by atomic mass is 16.5. The van der Waals surface area contributed by atoms with E-state index >= 15 is 0 Å². The van der Waals surface area contributed by atoms with E-state index in [0.29, 0.717) is 11.7 Å². The number of nitrogens with zero attached hydrogens (tertiary/aromatic N) is 3. The number of rotatable bonds is 5.